The van der Waals surface area contributed by atoms with Gasteiger partial charge in [0, 0.05) is 11.6 Å². The number of carbonyl (C=O) groups is 3. The van der Waals surface area contributed by atoms with Gasteiger partial charge in [-0.2, -0.15) is 5.26 Å². The first-order valence-corrected chi connectivity index (χ1v) is 11.7. The van der Waals surface area contributed by atoms with E-state index in [1.807, 2.05) is 6.07 Å². The van der Waals surface area contributed by atoms with E-state index in [0.29, 0.717) is 11.1 Å². The van der Waals surface area contributed by atoms with Gasteiger partial charge in [0.15, 0.2) is 0 Å². The van der Waals surface area contributed by atoms with Crippen molar-refractivity contribution < 1.29 is 24.2 Å². The van der Waals surface area contributed by atoms with E-state index in [1.165, 1.54) is 0 Å². The molecule has 2 rings (SSSR count). The summed E-state index contributed by atoms with van der Waals surface area (Å²) in [6.45, 7) is 3.81. The topological polar surface area (TPSA) is 132 Å². The molecule has 9 heteroatoms. The number of nitriles is 1. The molecule has 0 saturated heterocycles. The minimum atomic E-state index is -1.41. The van der Waals surface area contributed by atoms with Crippen LogP contribution in [-0.2, 0) is 14.3 Å². The lowest BCUT2D eigenvalue weighted by Crippen LogP contribution is -2.55. The minimum Gasteiger partial charge on any atom is -0.444 e. The van der Waals surface area contributed by atoms with E-state index in [0.717, 1.165) is 37.0 Å². The maximum Gasteiger partial charge on any atom is 0.408 e. The molecule has 35 heavy (non-hydrogen) atoms. The lowest BCUT2D eigenvalue weighted by molar-refractivity contribution is -0.142. The molecule has 2 atom stereocenters. The molecule has 1 aromatic carbocycles. The Morgan fingerprint density at radius 2 is 1.83 bits per heavy atom. The third-order valence-electron chi connectivity index (χ3n) is 5.60. The molecule has 0 bridgehead atoms. The summed E-state index contributed by atoms with van der Waals surface area (Å²) >= 11 is 0. The molecule has 1 aromatic rings. The van der Waals surface area contributed by atoms with Crippen LogP contribution in [0.5, 0.6) is 0 Å². The van der Waals surface area contributed by atoms with E-state index < -0.39 is 48.7 Å². The second-order valence-electron chi connectivity index (χ2n) is 9.52. The number of rotatable bonds is 8. The van der Waals surface area contributed by atoms with Gasteiger partial charge >= 0.3 is 6.09 Å². The van der Waals surface area contributed by atoms with E-state index >= 15 is 0 Å². The zero-order chi connectivity index (χ0) is 26.0. The van der Waals surface area contributed by atoms with E-state index in [1.54, 1.807) is 45.0 Å². The maximum absolute atomic E-state index is 13.5. The number of benzene rings is 1. The summed E-state index contributed by atoms with van der Waals surface area (Å²) in [7, 11) is 0. The van der Waals surface area contributed by atoms with Crippen LogP contribution in [0, 0.1) is 23.7 Å². The van der Waals surface area contributed by atoms with Gasteiger partial charge in [0.25, 0.3) is 0 Å². The Hall–Kier alpha value is -3.56. The fourth-order valence-electron chi connectivity index (χ4n) is 3.97. The summed E-state index contributed by atoms with van der Waals surface area (Å²) in [5.74, 6) is 1.28. The van der Waals surface area contributed by atoms with Crippen LogP contribution in [-0.4, -0.2) is 58.8 Å². The summed E-state index contributed by atoms with van der Waals surface area (Å²) in [6, 6.07) is 5.87. The number of nitrogens with zero attached hydrogens (tertiary/aromatic N) is 2. The van der Waals surface area contributed by atoms with Gasteiger partial charge in [0.2, 0.25) is 11.8 Å². The smallest absolute Gasteiger partial charge is 0.408 e. The van der Waals surface area contributed by atoms with Crippen LogP contribution in [0.15, 0.2) is 24.3 Å². The van der Waals surface area contributed by atoms with E-state index in [4.69, 9.17) is 11.2 Å². The van der Waals surface area contributed by atoms with Crippen molar-refractivity contribution >= 4 is 17.9 Å². The number of nitrogens with one attached hydrogen (secondary N) is 2. The highest BCUT2D eigenvalue weighted by molar-refractivity contribution is 5.92. The van der Waals surface area contributed by atoms with Crippen LogP contribution in [0.4, 0.5) is 4.79 Å². The van der Waals surface area contributed by atoms with Crippen molar-refractivity contribution in [2.24, 2.45) is 0 Å². The van der Waals surface area contributed by atoms with E-state index in [-0.39, 0.29) is 6.04 Å². The second-order valence-corrected chi connectivity index (χ2v) is 9.52. The summed E-state index contributed by atoms with van der Waals surface area (Å²) in [4.78, 5) is 40.2. The van der Waals surface area contributed by atoms with Gasteiger partial charge in [0.05, 0.1) is 12.7 Å². The molecule has 1 aliphatic carbocycles. The fourth-order valence-corrected chi connectivity index (χ4v) is 3.97. The van der Waals surface area contributed by atoms with Crippen LogP contribution >= 0.6 is 0 Å². The van der Waals surface area contributed by atoms with Crippen molar-refractivity contribution in [3.63, 3.8) is 0 Å². The first-order chi connectivity index (χ1) is 16.6. The van der Waals surface area contributed by atoms with Crippen LogP contribution in [0.3, 0.4) is 0 Å². The molecule has 2 unspecified atom stereocenters. The molecule has 0 aromatic heterocycles. The largest absolute Gasteiger partial charge is 0.444 e. The molecule has 9 nitrogen and oxygen atoms in total. The fraction of sp³-hybridized carbons (Fsp3) is 0.538. The van der Waals surface area contributed by atoms with Crippen LogP contribution in [0.1, 0.15) is 70.0 Å². The number of aliphatic hydroxyl groups excluding tert-OH is 1. The Bertz CT molecular complexity index is 965. The molecular weight excluding hydrogens is 448 g/mol. The summed E-state index contributed by atoms with van der Waals surface area (Å²) in [5, 5.41) is 24.7. The van der Waals surface area contributed by atoms with E-state index in [9.17, 15) is 24.8 Å². The van der Waals surface area contributed by atoms with Crippen LogP contribution < -0.4 is 10.6 Å². The van der Waals surface area contributed by atoms with Gasteiger partial charge in [-0.05, 0) is 51.3 Å². The Kier molecular flexibility index (Phi) is 10.1. The molecule has 0 spiro atoms. The third kappa shape index (κ3) is 8.31. The molecule has 3 N–H and O–H groups in total. The lowest BCUT2D eigenvalue weighted by Gasteiger charge is -2.34. The molecule has 1 fully saturated rings. The molecule has 188 valence electrons. The standard InChI is InChI=1S/C26H34N4O5/c1-5-18-11-13-19(14-12-18)22(23(32)28-20-9-7-6-8-10-20)30(16-15-27)24(33)21(17-31)29-25(34)35-26(2,3)4/h1,11-14,20-22,31H,6-10,16-17H2,2-4H3,(H,28,32)(H,29,34). The molecular formula is C26H34N4O5. The van der Waals surface area contributed by atoms with Crippen molar-refractivity contribution in [2.45, 2.75) is 76.6 Å². The first-order valence-electron chi connectivity index (χ1n) is 11.7. The number of carbonyl (C=O) groups excluding carboxylic acids is 3. The van der Waals surface area contributed by atoms with E-state index in [2.05, 4.69) is 16.6 Å². The van der Waals surface area contributed by atoms with Gasteiger partial charge in [-0.3, -0.25) is 9.59 Å². The van der Waals surface area contributed by atoms with Crippen molar-refractivity contribution in [3.05, 3.63) is 35.4 Å². The molecule has 0 aliphatic heterocycles. The van der Waals surface area contributed by atoms with Crippen molar-refractivity contribution in [1.29, 1.82) is 5.26 Å². The average molecular weight is 483 g/mol. The third-order valence-corrected chi connectivity index (χ3v) is 5.60. The Morgan fingerprint density at radius 1 is 1.20 bits per heavy atom. The quantitative estimate of drug-likeness (QED) is 0.385. The van der Waals surface area contributed by atoms with Crippen molar-refractivity contribution in [2.75, 3.05) is 13.2 Å². The SMILES string of the molecule is C#Cc1ccc(C(C(=O)NC2CCCCC2)N(CC#N)C(=O)C(CO)NC(=O)OC(C)(C)C)cc1. The number of amides is 3. The van der Waals surface area contributed by atoms with Crippen LogP contribution in [0.2, 0.25) is 0 Å². The van der Waals surface area contributed by atoms with Crippen molar-refractivity contribution in [3.8, 4) is 18.4 Å². The second kappa shape index (κ2) is 12.8. The van der Waals surface area contributed by atoms with Crippen molar-refractivity contribution in [1.82, 2.24) is 15.5 Å². The maximum atomic E-state index is 13.5. The average Bonchev–Trinajstić information content (AvgIpc) is 2.81. The Morgan fingerprint density at radius 3 is 2.34 bits per heavy atom. The van der Waals surface area contributed by atoms with Gasteiger partial charge in [-0.25, -0.2) is 4.79 Å². The number of alkyl carbamates (subject to hydrolysis) is 1. The van der Waals surface area contributed by atoms with Gasteiger partial charge in [-0.15, -0.1) is 6.42 Å². The number of ether oxygens (including phenoxy) is 1. The zero-order valence-electron chi connectivity index (χ0n) is 20.5. The Balaban J connectivity index is 2.38. The molecule has 3 amide bonds. The summed E-state index contributed by atoms with van der Waals surface area (Å²) in [5.41, 5.74) is 0.230. The minimum absolute atomic E-state index is 0.0312. The zero-order valence-corrected chi connectivity index (χ0v) is 20.5. The first kappa shape index (κ1) is 27.7. The highest BCUT2D eigenvalue weighted by atomic mass is 16.6. The predicted octanol–water partition coefficient (Wildman–Crippen LogP) is 2.40. The molecule has 0 heterocycles. The normalized spacial score (nSPS) is 15.6. The molecule has 1 aliphatic rings. The van der Waals surface area contributed by atoms with Gasteiger partial charge < -0.3 is 25.4 Å². The van der Waals surface area contributed by atoms with Gasteiger partial charge in [-0.1, -0.05) is 37.3 Å². The highest BCUT2D eigenvalue weighted by Gasteiger charge is 2.36. The predicted molar refractivity (Wildman–Crippen MR) is 130 cm³/mol. The number of aliphatic hydroxyl groups is 1. The number of terminal acetylenes is 1. The molecule has 0 radical (unpaired) electrons. The monoisotopic (exact) mass is 482 g/mol. The summed E-state index contributed by atoms with van der Waals surface area (Å²) in [6.07, 6.45) is 9.32. The van der Waals surface area contributed by atoms with Gasteiger partial charge in [0.1, 0.15) is 24.2 Å². The summed E-state index contributed by atoms with van der Waals surface area (Å²) < 4.78 is 5.18. The number of hydrogen-bond donors (Lipinski definition) is 3. The highest BCUT2D eigenvalue weighted by Crippen LogP contribution is 2.25. The Labute approximate surface area is 206 Å². The number of hydrogen-bond acceptors (Lipinski definition) is 6. The lowest BCUT2D eigenvalue weighted by atomic mass is 9.94. The molecule has 1 saturated carbocycles. The van der Waals surface area contributed by atoms with Crippen LogP contribution in [0.25, 0.3) is 0 Å².